The second-order valence-corrected chi connectivity index (χ2v) is 22.9. The summed E-state index contributed by atoms with van der Waals surface area (Å²) in [5.74, 6) is 1.86. The van der Waals surface area contributed by atoms with Crippen LogP contribution in [-0.4, -0.2) is 79.2 Å². The Hall–Kier alpha value is -1.26. The minimum absolute atomic E-state index is 0.0343. The van der Waals surface area contributed by atoms with E-state index in [1.165, 1.54) is 0 Å². The normalized spacial score (nSPS) is 53.9. The number of hydrogen-bond donors (Lipinski definition) is 6. The van der Waals surface area contributed by atoms with Gasteiger partial charge >= 0.3 is 11.9 Å². The van der Waals surface area contributed by atoms with E-state index < -0.39 is 30.4 Å². The van der Waals surface area contributed by atoms with Crippen molar-refractivity contribution in [3.05, 3.63) is 0 Å². The van der Waals surface area contributed by atoms with E-state index in [0.717, 1.165) is 77.0 Å². The van der Waals surface area contributed by atoms with Gasteiger partial charge in [-0.15, -0.1) is 0 Å². The molecule has 8 rings (SSSR count). The summed E-state index contributed by atoms with van der Waals surface area (Å²) in [6, 6.07) is 0. The fourth-order valence-corrected chi connectivity index (χ4v) is 17.7. The van der Waals surface area contributed by atoms with Crippen molar-refractivity contribution in [2.24, 2.45) is 92.7 Å². The molecule has 8 aliphatic carbocycles. The molecule has 0 aromatic rings. The Morgan fingerprint density at radius 3 is 1.58 bits per heavy atom. The zero-order chi connectivity index (χ0) is 41.0. The van der Waals surface area contributed by atoms with Gasteiger partial charge < -0.3 is 35.4 Å². The maximum Gasteiger partial charge on any atom is 0.306 e. The quantitative estimate of drug-likeness (QED) is 0.131. The summed E-state index contributed by atoms with van der Waals surface area (Å²) in [5, 5.41) is 67.3. The lowest BCUT2D eigenvalue weighted by Crippen LogP contribution is -2.62. The summed E-state index contributed by atoms with van der Waals surface area (Å²) < 4.78 is 6.25. The first kappa shape index (κ1) is 42.4. The molecule has 0 amide bonds. The number of aliphatic hydroxyl groups is 5. The lowest BCUT2D eigenvalue weighted by atomic mass is 9.43. The third kappa shape index (κ3) is 6.70. The molecule has 8 fully saturated rings. The summed E-state index contributed by atoms with van der Waals surface area (Å²) >= 11 is 0. The maximum absolute atomic E-state index is 13.5. The Kier molecular flexibility index (Phi) is 11.4. The Morgan fingerprint density at radius 2 is 1.07 bits per heavy atom. The second-order valence-electron chi connectivity index (χ2n) is 22.9. The van der Waals surface area contributed by atoms with Gasteiger partial charge in [0.2, 0.25) is 0 Å². The molecule has 8 saturated carbocycles. The highest BCUT2D eigenvalue weighted by molar-refractivity contribution is 5.69. The Labute approximate surface area is 342 Å². The number of fused-ring (bicyclic) bond motifs is 10. The number of carbonyl (C=O) groups excluding carboxylic acids is 1. The van der Waals surface area contributed by atoms with Gasteiger partial charge in [0.05, 0.1) is 30.5 Å². The topological polar surface area (TPSA) is 165 Å². The molecule has 0 saturated heterocycles. The third-order valence-electron chi connectivity index (χ3n) is 20.9. The van der Waals surface area contributed by atoms with Gasteiger partial charge in [0, 0.05) is 12.8 Å². The third-order valence-corrected chi connectivity index (χ3v) is 20.9. The van der Waals surface area contributed by atoms with Crippen LogP contribution in [0.1, 0.15) is 157 Å². The number of hydrogen-bond acceptors (Lipinski definition) is 8. The SMILES string of the molecule is C[C@H](CCC(=O)O[C@@H]1CC[C@@]2(C)[C@@H](C1)C[C@H](O)[C@@H]1[C@@H]2C[C@H](O)[C@]2(C)C([C@H](C)CCC(=O)O)CC[C@@H]12)C1CC[C@H]2[C@@H]3[C@H](O)C[C@@H]4C[C@H](O)CC[C@]4(C)[C@H]3C[C@H](O)[C@]12C. The number of carbonyl (C=O) groups is 2. The molecule has 8 aliphatic rings. The second kappa shape index (κ2) is 15.3. The molecule has 0 bridgehead atoms. The lowest BCUT2D eigenvalue weighted by molar-refractivity contribution is -0.209. The molecule has 0 aliphatic heterocycles. The van der Waals surface area contributed by atoms with E-state index in [2.05, 4.69) is 41.5 Å². The van der Waals surface area contributed by atoms with Gasteiger partial charge in [-0.25, -0.2) is 0 Å². The monoisotopic (exact) mass is 799 g/mol. The standard InChI is InChI=1S/C48H78O9/c1-25(7-13-41(54)55)31-9-11-34-44-36(24-40(53)47(31,34)5)46(4)18-16-30(20-28(46)22-38(44)51)57-42(56)14-8-26(2)32-10-12-33-43-35(23-39(52)48(32,33)6)45(3)17-15-29(49)19-27(45)21-37(43)50/h25-40,43-44,49-53H,7-24H2,1-6H3,(H,54,55)/t25-,26-,27+,28+,29-,30-,31?,32?,33+,34+,35+,36+,37-,38+,39+,40+,43+,44+,45+,46+,47-,48-/m1/s1. The smallest absolute Gasteiger partial charge is 0.306 e. The van der Waals surface area contributed by atoms with E-state index in [-0.39, 0.29) is 111 Å². The average Bonchev–Trinajstić information content (AvgIpc) is 3.70. The predicted octanol–water partition coefficient (Wildman–Crippen LogP) is 7.38. The van der Waals surface area contributed by atoms with Crippen LogP contribution in [0.3, 0.4) is 0 Å². The molecular weight excluding hydrogens is 721 g/mol. The van der Waals surface area contributed by atoms with Gasteiger partial charge in [0.25, 0.3) is 0 Å². The Bertz CT molecular complexity index is 1500. The minimum Gasteiger partial charge on any atom is -0.481 e. The number of carboxylic acid groups (broad SMARTS) is 1. The van der Waals surface area contributed by atoms with Gasteiger partial charge in [0.15, 0.2) is 0 Å². The van der Waals surface area contributed by atoms with Crippen LogP contribution < -0.4 is 0 Å². The first-order valence-electron chi connectivity index (χ1n) is 23.6. The van der Waals surface area contributed by atoms with Crippen molar-refractivity contribution in [2.45, 2.75) is 194 Å². The summed E-state index contributed by atoms with van der Waals surface area (Å²) in [7, 11) is 0. The van der Waals surface area contributed by atoms with Gasteiger partial charge in [-0.1, -0.05) is 41.5 Å². The van der Waals surface area contributed by atoms with Gasteiger partial charge in [-0.3, -0.25) is 9.59 Å². The predicted molar refractivity (Wildman–Crippen MR) is 216 cm³/mol. The largest absolute Gasteiger partial charge is 0.481 e. The molecule has 0 aromatic heterocycles. The number of carboxylic acids is 1. The minimum atomic E-state index is -0.769. The van der Waals surface area contributed by atoms with Crippen LogP contribution in [0.25, 0.3) is 0 Å². The molecule has 22 atom stereocenters. The van der Waals surface area contributed by atoms with Crippen molar-refractivity contribution < 1.29 is 45.0 Å². The highest BCUT2D eigenvalue weighted by Crippen LogP contribution is 2.70. The van der Waals surface area contributed by atoms with Gasteiger partial charge in [0.1, 0.15) is 6.10 Å². The molecule has 324 valence electrons. The van der Waals surface area contributed by atoms with Gasteiger partial charge in [-0.2, -0.15) is 0 Å². The summed E-state index contributed by atoms with van der Waals surface area (Å²) in [6.45, 7) is 13.7. The summed E-state index contributed by atoms with van der Waals surface area (Å²) in [5.41, 5.74) is -0.595. The van der Waals surface area contributed by atoms with E-state index in [1.807, 2.05) is 0 Å². The van der Waals surface area contributed by atoms with Crippen molar-refractivity contribution >= 4 is 11.9 Å². The van der Waals surface area contributed by atoms with Crippen LogP contribution in [0.5, 0.6) is 0 Å². The van der Waals surface area contributed by atoms with Crippen LogP contribution in [0.4, 0.5) is 0 Å². The van der Waals surface area contributed by atoms with Crippen molar-refractivity contribution in [3.8, 4) is 0 Å². The molecule has 0 aromatic carbocycles. The molecule has 0 radical (unpaired) electrons. The van der Waals surface area contributed by atoms with Crippen LogP contribution in [-0.2, 0) is 14.3 Å². The van der Waals surface area contributed by atoms with Crippen molar-refractivity contribution in [3.63, 3.8) is 0 Å². The Balaban J connectivity index is 0.867. The number of aliphatic carboxylic acids is 1. The molecule has 6 N–H and O–H groups in total. The Morgan fingerprint density at radius 1 is 0.596 bits per heavy atom. The van der Waals surface area contributed by atoms with E-state index in [0.29, 0.717) is 38.0 Å². The van der Waals surface area contributed by atoms with E-state index in [1.54, 1.807) is 0 Å². The van der Waals surface area contributed by atoms with Gasteiger partial charge in [-0.05, 0) is 195 Å². The highest BCUT2D eigenvalue weighted by Gasteiger charge is 2.67. The maximum atomic E-state index is 13.5. The first-order valence-corrected chi connectivity index (χ1v) is 23.6. The summed E-state index contributed by atoms with van der Waals surface area (Å²) in [4.78, 5) is 24.9. The zero-order valence-electron chi connectivity index (χ0n) is 36.0. The molecule has 9 nitrogen and oxygen atoms in total. The van der Waals surface area contributed by atoms with Crippen LogP contribution in [0.15, 0.2) is 0 Å². The van der Waals surface area contributed by atoms with E-state index in [9.17, 15) is 40.2 Å². The van der Waals surface area contributed by atoms with Crippen molar-refractivity contribution in [2.75, 3.05) is 0 Å². The van der Waals surface area contributed by atoms with E-state index >= 15 is 0 Å². The fourth-order valence-electron chi connectivity index (χ4n) is 17.7. The summed E-state index contributed by atoms with van der Waals surface area (Å²) in [6.07, 6.45) is 11.5. The number of ether oxygens (including phenoxy) is 1. The zero-order valence-corrected chi connectivity index (χ0v) is 36.0. The molecule has 57 heavy (non-hydrogen) atoms. The van der Waals surface area contributed by atoms with Crippen LogP contribution in [0, 0.1) is 92.7 Å². The molecule has 9 heteroatoms. The average molecular weight is 799 g/mol. The van der Waals surface area contributed by atoms with Crippen molar-refractivity contribution in [1.29, 1.82) is 0 Å². The van der Waals surface area contributed by atoms with Crippen LogP contribution in [0.2, 0.25) is 0 Å². The number of esters is 1. The number of rotatable bonds is 9. The molecular formula is C48H78O9. The molecule has 0 heterocycles. The molecule has 2 unspecified atom stereocenters. The fraction of sp³-hybridized carbons (Fsp3) is 0.958. The van der Waals surface area contributed by atoms with Crippen molar-refractivity contribution in [1.82, 2.24) is 0 Å². The number of aliphatic hydroxyl groups excluding tert-OH is 5. The molecule has 0 spiro atoms. The first-order chi connectivity index (χ1) is 26.8. The highest BCUT2D eigenvalue weighted by atomic mass is 16.5. The lowest BCUT2D eigenvalue weighted by Gasteiger charge is -2.63. The van der Waals surface area contributed by atoms with E-state index in [4.69, 9.17) is 4.74 Å². The van der Waals surface area contributed by atoms with Crippen LogP contribution >= 0.6 is 0 Å².